The van der Waals surface area contributed by atoms with Crippen molar-refractivity contribution in [3.63, 3.8) is 0 Å². The minimum Gasteiger partial charge on any atom is -0.396 e. The van der Waals surface area contributed by atoms with E-state index in [9.17, 15) is 0 Å². The zero-order valence-corrected chi connectivity index (χ0v) is 9.89. The molecule has 82 valence electrons. The van der Waals surface area contributed by atoms with E-state index < -0.39 is 0 Å². The van der Waals surface area contributed by atoms with Crippen LogP contribution in [0.5, 0.6) is 0 Å². The summed E-state index contributed by atoms with van der Waals surface area (Å²) in [6.07, 6.45) is 0. The highest BCUT2D eigenvalue weighted by atomic mass is 32.1. The SMILES string of the molecule is COCc1cc(C)nc2sc(C#N)c(N)c12. The molecule has 5 heteroatoms. The van der Waals surface area contributed by atoms with Crippen LogP contribution in [0.2, 0.25) is 0 Å². The molecule has 0 aliphatic rings. The second kappa shape index (κ2) is 4.08. The van der Waals surface area contributed by atoms with Gasteiger partial charge in [0.1, 0.15) is 15.8 Å². The Hall–Kier alpha value is -1.64. The molecule has 0 saturated heterocycles. The Morgan fingerprint density at radius 1 is 1.62 bits per heavy atom. The molecule has 2 rings (SSSR count). The van der Waals surface area contributed by atoms with Crippen LogP contribution in [0.25, 0.3) is 10.2 Å². The fourth-order valence-corrected chi connectivity index (χ4v) is 2.67. The first-order chi connectivity index (χ1) is 7.67. The summed E-state index contributed by atoms with van der Waals surface area (Å²) in [7, 11) is 1.63. The first-order valence-corrected chi connectivity index (χ1v) is 5.56. The topological polar surface area (TPSA) is 71.9 Å². The van der Waals surface area contributed by atoms with Crippen molar-refractivity contribution in [2.75, 3.05) is 12.8 Å². The van der Waals surface area contributed by atoms with E-state index in [4.69, 9.17) is 15.7 Å². The highest BCUT2D eigenvalue weighted by Gasteiger charge is 2.14. The van der Waals surface area contributed by atoms with E-state index in [1.165, 1.54) is 11.3 Å². The van der Waals surface area contributed by atoms with Crippen molar-refractivity contribution in [1.82, 2.24) is 4.98 Å². The van der Waals surface area contributed by atoms with Gasteiger partial charge in [0.15, 0.2) is 0 Å². The normalized spacial score (nSPS) is 10.6. The van der Waals surface area contributed by atoms with Gasteiger partial charge in [0, 0.05) is 18.2 Å². The maximum Gasteiger partial charge on any atom is 0.130 e. The molecule has 4 nitrogen and oxygen atoms in total. The summed E-state index contributed by atoms with van der Waals surface area (Å²) < 4.78 is 5.13. The van der Waals surface area contributed by atoms with Crippen molar-refractivity contribution in [2.45, 2.75) is 13.5 Å². The Balaban J connectivity index is 2.78. The number of thiophene rings is 1. The van der Waals surface area contributed by atoms with Gasteiger partial charge in [-0.25, -0.2) is 4.98 Å². The molecule has 0 aromatic carbocycles. The molecule has 0 spiro atoms. The molecule has 0 radical (unpaired) electrons. The van der Waals surface area contributed by atoms with Gasteiger partial charge in [0.2, 0.25) is 0 Å². The number of hydrogen-bond acceptors (Lipinski definition) is 5. The molecule has 0 aliphatic carbocycles. The molecule has 0 atom stereocenters. The van der Waals surface area contributed by atoms with Gasteiger partial charge in [-0.3, -0.25) is 0 Å². The number of nitrogens with two attached hydrogens (primary N) is 1. The molecule has 2 aromatic rings. The fraction of sp³-hybridized carbons (Fsp3) is 0.273. The van der Waals surface area contributed by atoms with Crippen LogP contribution in [0.1, 0.15) is 16.1 Å². The highest BCUT2D eigenvalue weighted by molar-refractivity contribution is 7.19. The predicted octanol–water partition coefficient (Wildman–Crippen LogP) is 2.21. The van der Waals surface area contributed by atoms with Gasteiger partial charge in [-0.15, -0.1) is 11.3 Å². The first-order valence-electron chi connectivity index (χ1n) is 4.75. The third-order valence-corrected chi connectivity index (χ3v) is 3.31. The standard InChI is InChI=1S/C11H11N3OS/c1-6-3-7(5-15-2)9-10(13)8(4-12)16-11(9)14-6/h3H,5,13H2,1-2H3. The fourth-order valence-electron chi connectivity index (χ4n) is 1.69. The maximum absolute atomic E-state index is 8.93. The maximum atomic E-state index is 8.93. The predicted molar refractivity (Wildman–Crippen MR) is 64.2 cm³/mol. The van der Waals surface area contributed by atoms with Gasteiger partial charge in [-0.2, -0.15) is 5.26 Å². The van der Waals surface area contributed by atoms with Crippen molar-refractivity contribution in [2.24, 2.45) is 0 Å². The number of nitrogens with zero attached hydrogens (tertiary/aromatic N) is 2. The van der Waals surface area contributed by atoms with Crippen LogP contribution < -0.4 is 5.73 Å². The first kappa shape index (κ1) is 10.9. The van der Waals surface area contributed by atoms with E-state index in [0.717, 1.165) is 21.5 Å². The second-order valence-corrected chi connectivity index (χ2v) is 4.49. The molecule has 0 amide bonds. The quantitative estimate of drug-likeness (QED) is 0.863. The number of nitriles is 1. The summed E-state index contributed by atoms with van der Waals surface area (Å²) in [5, 5.41) is 9.79. The molecule has 0 fully saturated rings. The van der Waals surface area contributed by atoms with Crippen LogP contribution in [0.4, 0.5) is 5.69 Å². The van der Waals surface area contributed by atoms with Crippen molar-refractivity contribution in [3.8, 4) is 6.07 Å². The molecule has 0 saturated carbocycles. The highest BCUT2D eigenvalue weighted by Crippen LogP contribution is 2.34. The van der Waals surface area contributed by atoms with Crippen LogP contribution in [0.3, 0.4) is 0 Å². The van der Waals surface area contributed by atoms with Crippen LogP contribution in [-0.2, 0) is 11.3 Å². The lowest BCUT2D eigenvalue weighted by Gasteiger charge is -2.04. The second-order valence-electron chi connectivity index (χ2n) is 3.49. The molecule has 2 aromatic heterocycles. The molecular formula is C11H11N3OS. The van der Waals surface area contributed by atoms with Gasteiger partial charge in [0.25, 0.3) is 0 Å². The number of nitrogen functional groups attached to an aromatic ring is 1. The summed E-state index contributed by atoms with van der Waals surface area (Å²) in [6, 6.07) is 4.03. The Morgan fingerprint density at radius 2 is 2.38 bits per heavy atom. The third kappa shape index (κ3) is 1.62. The third-order valence-electron chi connectivity index (χ3n) is 2.31. The summed E-state index contributed by atoms with van der Waals surface area (Å²) >= 11 is 1.33. The summed E-state index contributed by atoms with van der Waals surface area (Å²) in [4.78, 5) is 5.71. The number of aromatic nitrogens is 1. The van der Waals surface area contributed by atoms with Crippen molar-refractivity contribution in [3.05, 3.63) is 22.2 Å². The van der Waals surface area contributed by atoms with Crippen LogP contribution in [-0.4, -0.2) is 12.1 Å². The number of pyridine rings is 1. The number of methoxy groups -OCH3 is 1. The smallest absolute Gasteiger partial charge is 0.130 e. The van der Waals surface area contributed by atoms with E-state index in [0.29, 0.717) is 17.2 Å². The Bertz CT molecular complexity index is 583. The number of fused-ring (bicyclic) bond motifs is 1. The van der Waals surface area contributed by atoms with Crippen LogP contribution >= 0.6 is 11.3 Å². The molecule has 0 unspecified atom stereocenters. The van der Waals surface area contributed by atoms with Gasteiger partial charge in [-0.05, 0) is 18.6 Å². The molecule has 0 aliphatic heterocycles. The van der Waals surface area contributed by atoms with Gasteiger partial charge in [-0.1, -0.05) is 0 Å². The Morgan fingerprint density at radius 3 is 3.00 bits per heavy atom. The lowest BCUT2D eigenvalue weighted by molar-refractivity contribution is 0.186. The van der Waals surface area contributed by atoms with E-state index in [1.807, 2.05) is 13.0 Å². The minimum atomic E-state index is 0.478. The summed E-state index contributed by atoms with van der Waals surface area (Å²) in [6.45, 7) is 2.40. The minimum absolute atomic E-state index is 0.478. The zero-order chi connectivity index (χ0) is 11.7. The number of rotatable bonds is 2. The van der Waals surface area contributed by atoms with E-state index >= 15 is 0 Å². The van der Waals surface area contributed by atoms with Gasteiger partial charge >= 0.3 is 0 Å². The molecule has 2 N–H and O–H groups in total. The summed E-state index contributed by atoms with van der Waals surface area (Å²) in [5.41, 5.74) is 8.33. The number of hydrogen-bond donors (Lipinski definition) is 1. The van der Waals surface area contributed by atoms with Crippen LogP contribution in [0.15, 0.2) is 6.07 Å². The summed E-state index contributed by atoms with van der Waals surface area (Å²) in [5.74, 6) is 0. The van der Waals surface area contributed by atoms with E-state index in [1.54, 1.807) is 7.11 Å². The largest absolute Gasteiger partial charge is 0.396 e. The molecule has 2 heterocycles. The number of aryl methyl sites for hydroxylation is 1. The van der Waals surface area contributed by atoms with Crippen LogP contribution in [0, 0.1) is 18.3 Å². The molecular weight excluding hydrogens is 222 g/mol. The number of anilines is 1. The monoisotopic (exact) mass is 233 g/mol. The van der Waals surface area contributed by atoms with Crippen molar-refractivity contribution in [1.29, 1.82) is 5.26 Å². The van der Waals surface area contributed by atoms with Crippen molar-refractivity contribution >= 4 is 27.2 Å². The average Bonchev–Trinajstić information content (AvgIpc) is 2.55. The van der Waals surface area contributed by atoms with E-state index in [-0.39, 0.29) is 0 Å². The van der Waals surface area contributed by atoms with Crippen molar-refractivity contribution < 1.29 is 4.74 Å². The Labute approximate surface area is 97.3 Å². The molecule has 0 bridgehead atoms. The van der Waals surface area contributed by atoms with E-state index in [2.05, 4.69) is 11.1 Å². The van der Waals surface area contributed by atoms with Gasteiger partial charge < -0.3 is 10.5 Å². The zero-order valence-electron chi connectivity index (χ0n) is 9.07. The number of ether oxygens (including phenoxy) is 1. The lowest BCUT2D eigenvalue weighted by atomic mass is 10.1. The average molecular weight is 233 g/mol. The molecule has 16 heavy (non-hydrogen) atoms. The lowest BCUT2D eigenvalue weighted by Crippen LogP contribution is -1.94. The van der Waals surface area contributed by atoms with Gasteiger partial charge in [0.05, 0.1) is 12.3 Å². The Kier molecular flexibility index (Phi) is 2.77.